The zero-order chi connectivity index (χ0) is 17.5. The number of aromatic nitrogens is 1. The van der Waals surface area contributed by atoms with E-state index < -0.39 is 0 Å². The Hall–Kier alpha value is -2.37. The number of hydrogen-bond donors (Lipinski definition) is 1. The highest BCUT2D eigenvalue weighted by atomic mass is 79.9. The van der Waals surface area contributed by atoms with Crippen molar-refractivity contribution >= 4 is 39.6 Å². The molecular weight excluding hydrogens is 402 g/mol. The molecule has 4 nitrogen and oxygen atoms in total. The number of anilines is 1. The fourth-order valence-electron chi connectivity index (χ4n) is 2.10. The van der Waals surface area contributed by atoms with Crippen LogP contribution in [-0.4, -0.2) is 11.2 Å². The molecule has 0 saturated heterocycles. The van der Waals surface area contributed by atoms with Gasteiger partial charge in [0.05, 0.1) is 6.21 Å². The van der Waals surface area contributed by atoms with Crippen molar-refractivity contribution in [1.29, 1.82) is 0 Å². The number of benzene rings is 2. The second kappa shape index (κ2) is 8.65. The van der Waals surface area contributed by atoms with Gasteiger partial charge in [0.2, 0.25) is 0 Å². The highest BCUT2D eigenvalue weighted by Gasteiger charge is 2.04. The Morgan fingerprint density at radius 2 is 1.96 bits per heavy atom. The normalized spacial score (nSPS) is 10.8. The number of nitrogens with zero attached hydrogens (tertiary/aromatic N) is 2. The lowest BCUT2D eigenvalue weighted by molar-refractivity contribution is 0.306. The highest BCUT2D eigenvalue weighted by molar-refractivity contribution is 9.10. The molecule has 0 atom stereocenters. The lowest BCUT2D eigenvalue weighted by Crippen LogP contribution is -1.99. The predicted octanol–water partition coefficient (Wildman–Crippen LogP) is 5.52. The fourth-order valence-corrected chi connectivity index (χ4v) is 2.51. The maximum atomic E-state index is 6.09. The number of rotatable bonds is 6. The van der Waals surface area contributed by atoms with Crippen molar-refractivity contribution in [3.8, 4) is 5.75 Å². The van der Waals surface area contributed by atoms with Gasteiger partial charge in [-0.05, 0) is 51.8 Å². The van der Waals surface area contributed by atoms with Crippen LogP contribution in [0.2, 0.25) is 5.02 Å². The quantitative estimate of drug-likeness (QED) is 0.425. The lowest BCUT2D eigenvalue weighted by Gasteiger charge is -2.09. The molecule has 0 aliphatic carbocycles. The van der Waals surface area contributed by atoms with Gasteiger partial charge >= 0.3 is 0 Å². The molecule has 0 unspecified atom stereocenters. The van der Waals surface area contributed by atoms with Crippen molar-refractivity contribution < 1.29 is 4.74 Å². The standard InChI is InChI=1S/C19H15BrClN3O/c20-16-6-9-19(22-12-16)24-23-11-15-10-17(21)7-8-18(15)25-13-14-4-2-1-3-5-14/h1-12H,13H2,(H,22,24). The molecule has 0 saturated carbocycles. The number of nitrogens with one attached hydrogen (secondary N) is 1. The minimum absolute atomic E-state index is 0.477. The second-order valence-electron chi connectivity index (χ2n) is 5.19. The molecule has 3 rings (SSSR count). The molecule has 25 heavy (non-hydrogen) atoms. The van der Waals surface area contributed by atoms with Crippen LogP contribution in [0.4, 0.5) is 5.82 Å². The molecule has 0 aliphatic rings. The average Bonchev–Trinajstić information content (AvgIpc) is 2.63. The van der Waals surface area contributed by atoms with Crippen LogP contribution in [0.25, 0.3) is 0 Å². The third kappa shape index (κ3) is 5.31. The first-order valence-electron chi connectivity index (χ1n) is 7.57. The number of hydrogen-bond acceptors (Lipinski definition) is 4. The molecule has 1 heterocycles. The van der Waals surface area contributed by atoms with Crippen LogP contribution in [0.15, 0.2) is 76.4 Å². The van der Waals surface area contributed by atoms with E-state index in [-0.39, 0.29) is 0 Å². The summed E-state index contributed by atoms with van der Waals surface area (Å²) in [7, 11) is 0. The summed E-state index contributed by atoms with van der Waals surface area (Å²) in [5.74, 6) is 1.36. The van der Waals surface area contributed by atoms with Gasteiger partial charge in [0, 0.05) is 21.3 Å². The van der Waals surface area contributed by atoms with Gasteiger partial charge in [0.1, 0.15) is 18.2 Å². The number of pyridine rings is 1. The van der Waals surface area contributed by atoms with Crippen molar-refractivity contribution in [3.63, 3.8) is 0 Å². The third-order valence-electron chi connectivity index (χ3n) is 3.32. The molecular formula is C19H15BrClN3O. The van der Waals surface area contributed by atoms with E-state index in [1.165, 1.54) is 0 Å². The van der Waals surface area contributed by atoms with Crippen molar-refractivity contribution in [1.82, 2.24) is 4.98 Å². The molecule has 3 aromatic rings. The average molecular weight is 417 g/mol. The van der Waals surface area contributed by atoms with Crippen molar-refractivity contribution in [2.75, 3.05) is 5.43 Å². The number of ether oxygens (including phenoxy) is 1. The van der Waals surface area contributed by atoms with E-state index >= 15 is 0 Å². The van der Waals surface area contributed by atoms with Gasteiger partial charge in [-0.15, -0.1) is 0 Å². The smallest absolute Gasteiger partial charge is 0.146 e. The Bertz CT molecular complexity index is 854. The van der Waals surface area contributed by atoms with E-state index in [2.05, 4.69) is 31.4 Å². The topological polar surface area (TPSA) is 46.5 Å². The Balaban J connectivity index is 1.70. The molecule has 2 aromatic carbocycles. The van der Waals surface area contributed by atoms with Gasteiger partial charge in [0.25, 0.3) is 0 Å². The predicted molar refractivity (Wildman–Crippen MR) is 105 cm³/mol. The summed E-state index contributed by atoms with van der Waals surface area (Å²) in [4.78, 5) is 4.20. The van der Waals surface area contributed by atoms with Gasteiger partial charge in [-0.25, -0.2) is 4.98 Å². The van der Waals surface area contributed by atoms with Crippen molar-refractivity contribution in [2.24, 2.45) is 5.10 Å². The maximum absolute atomic E-state index is 6.09. The summed E-state index contributed by atoms with van der Waals surface area (Å²) in [5, 5.41) is 4.83. The first-order chi connectivity index (χ1) is 12.2. The summed E-state index contributed by atoms with van der Waals surface area (Å²) in [5.41, 5.74) is 4.76. The molecule has 0 radical (unpaired) electrons. The molecule has 1 aromatic heterocycles. The van der Waals surface area contributed by atoms with Crippen molar-refractivity contribution in [2.45, 2.75) is 6.61 Å². The van der Waals surface area contributed by atoms with Crippen LogP contribution < -0.4 is 10.2 Å². The SMILES string of the molecule is Clc1ccc(OCc2ccccc2)c(C=NNc2ccc(Br)cn2)c1. The first kappa shape index (κ1) is 17.5. The molecule has 0 amide bonds. The Labute approximate surface area is 159 Å². The molecule has 0 bridgehead atoms. The zero-order valence-corrected chi connectivity index (χ0v) is 15.5. The molecule has 0 fully saturated rings. The van der Waals surface area contributed by atoms with Gasteiger partial charge in [-0.1, -0.05) is 41.9 Å². The third-order valence-corrected chi connectivity index (χ3v) is 4.02. The van der Waals surface area contributed by atoms with Crippen LogP contribution in [0, 0.1) is 0 Å². The highest BCUT2D eigenvalue weighted by Crippen LogP contribution is 2.22. The van der Waals surface area contributed by atoms with Gasteiger partial charge in [0.15, 0.2) is 0 Å². The first-order valence-corrected chi connectivity index (χ1v) is 8.75. The summed E-state index contributed by atoms with van der Waals surface area (Å²) < 4.78 is 6.81. The monoisotopic (exact) mass is 415 g/mol. The Morgan fingerprint density at radius 3 is 2.72 bits per heavy atom. The van der Waals surface area contributed by atoms with Crippen LogP contribution in [0.3, 0.4) is 0 Å². The van der Waals surface area contributed by atoms with E-state index in [4.69, 9.17) is 16.3 Å². The van der Waals surface area contributed by atoms with Crippen LogP contribution in [-0.2, 0) is 6.61 Å². The van der Waals surface area contributed by atoms with Crippen molar-refractivity contribution in [3.05, 3.63) is 87.5 Å². The Kier molecular flexibility index (Phi) is 6.04. The molecule has 126 valence electrons. The summed E-state index contributed by atoms with van der Waals surface area (Å²) >= 11 is 9.44. The Morgan fingerprint density at radius 1 is 1.12 bits per heavy atom. The van der Waals surface area contributed by atoms with Gasteiger partial charge < -0.3 is 4.74 Å². The minimum Gasteiger partial charge on any atom is -0.488 e. The fraction of sp³-hybridized carbons (Fsp3) is 0.0526. The van der Waals surface area contributed by atoms with E-state index in [1.54, 1.807) is 18.5 Å². The molecule has 0 spiro atoms. The van der Waals surface area contributed by atoms with E-state index in [1.807, 2.05) is 54.6 Å². The summed E-state index contributed by atoms with van der Waals surface area (Å²) in [6.07, 6.45) is 3.36. The maximum Gasteiger partial charge on any atom is 0.146 e. The number of hydrazone groups is 1. The summed E-state index contributed by atoms with van der Waals surface area (Å²) in [6.45, 7) is 0.477. The van der Waals surface area contributed by atoms with Gasteiger partial charge in [-0.2, -0.15) is 5.10 Å². The number of halogens is 2. The molecule has 0 aliphatic heterocycles. The van der Waals surface area contributed by atoms with Crippen LogP contribution in [0.5, 0.6) is 5.75 Å². The largest absolute Gasteiger partial charge is 0.488 e. The summed E-state index contributed by atoms with van der Waals surface area (Å²) in [6, 6.07) is 19.1. The van der Waals surface area contributed by atoms with Crippen LogP contribution >= 0.6 is 27.5 Å². The minimum atomic E-state index is 0.477. The van der Waals surface area contributed by atoms with E-state index in [0.717, 1.165) is 15.6 Å². The molecule has 1 N–H and O–H groups in total. The lowest BCUT2D eigenvalue weighted by atomic mass is 10.2. The van der Waals surface area contributed by atoms with E-state index in [9.17, 15) is 0 Å². The van der Waals surface area contributed by atoms with E-state index in [0.29, 0.717) is 23.2 Å². The second-order valence-corrected chi connectivity index (χ2v) is 6.54. The van der Waals surface area contributed by atoms with Crippen LogP contribution in [0.1, 0.15) is 11.1 Å². The molecule has 6 heteroatoms. The zero-order valence-electron chi connectivity index (χ0n) is 13.2. The van der Waals surface area contributed by atoms with Gasteiger partial charge in [-0.3, -0.25) is 5.43 Å².